The highest BCUT2D eigenvalue weighted by molar-refractivity contribution is 9.10. The molecule has 0 spiro atoms. The summed E-state index contributed by atoms with van der Waals surface area (Å²) in [6.07, 6.45) is 3.30. The van der Waals surface area contributed by atoms with Crippen molar-refractivity contribution >= 4 is 39.0 Å². The van der Waals surface area contributed by atoms with Crippen LogP contribution in [0.2, 0.25) is 0 Å². The van der Waals surface area contributed by atoms with Gasteiger partial charge in [-0.1, -0.05) is 11.8 Å². The molecule has 1 aromatic rings. The van der Waals surface area contributed by atoms with Gasteiger partial charge in [0.05, 0.1) is 4.88 Å². The normalized spacial score (nSPS) is 20.5. The molecule has 0 atom stereocenters. The van der Waals surface area contributed by atoms with Crippen molar-refractivity contribution < 1.29 is 9.84 Å². The SMILES string of the molecule is CSc1nc(Br)c(C2(O)CCOCC2)s1. The standard InChI is InChI=1S/C9H12BrNO2S2/c1-14-8-11-7(10)6(15-8)9(12)2-4-13-5-3-9/h12H,2-5H2,1H3. The van der Waals surface area contributed by atoms with Gasteiger partial charge in [0.1, 0.15) is 10.2 Å². The molecule has 1 N–H and O–H groups in total. The van der Waals surface area contributed by atoms with E-state index in [1.54, 1.807) is 23.1 Å². The third-order valence-electron chi connectivity index (χ3n) is 2.48. The highest BCUT2D eigenvalue weighted by Gasteiger charge is 2.36. The molecular weight excluding hydrogens is 298 g/mol. The molecule has 0 amide bonds. The Labute approximate surface area is 105 Å². The molecule has 0 bridgehead atoms. The topological polar surface area (TPSA) is 42.4 Å². The number of nitrogens with zero attached hydrogens (tertiary/aromatic N) is 1. The predicted molar refractivity (Wildman–Crippen MR) is 65.5 cm³/mol. The minimum Gasteiger partial charge on any atom is -0.384 e. The van der Waals surface area contributed by atoms with Crippen molar-refractivity contribution in [3.8, 4) is 0 Å². The maximum atomic E-state index is 10.5. The first-order valence-electron chi connectivity index (χ1n) is 4.66. The number of hydrogen-bond donors (Lipinski definition) is 1. The Morgan fingerprint density at radius 1 is 1.53 bits per heavy atom. The lowest BCUT2D eigenvalue weighted by molar-refractivity contribution is -0.0661. The molecule has 0 unspecified atom stereocenters. The van der Waals surface area contributed by atoms with Crippen molar-refractivity contribution in [1.29, 1.82) is 0 Å². The number of thioether (sulfide) groups is 1. The molecule has 1 aliphatic rings. The second-order valence-corrected chi connectivity index (χ2v) is 6.25. The van der Waals surface area contributed by atoms with E-state index >= 15 is 0 Å². The van der Waals surface area contributed by atoms with Crippen LogP contribution in [-0.4, -0.2) is 29.6 Å². The minimum atomic E-state index is -0.747. The zero-order chi connectivity index (χ0) is 10.9. The van der Waals surface area contributed by atoms with Crippen LogP contribution in [0.3, 0.4) is 0 Å². The molecule has 84 valence electrons. The van der Waals surface area contributed by atoms with Crippen LogP contribution >= 0.6 is 39.0 Å². The van der Waals surface area contributed by atoms with Crippen molar-refractivity contribution in [1.82, 2.24) is 4.98 Å². The third kappa shape index (κ3) is 2.39. The molecule has 6 heteroatoms. The molecule has 1 aromatic heterocycles. The summed E-state index contributed by atoms with van der Waals surface area (Å²) in [5.74, 6) is 0. The summed E-state index contributed by atoms with van der Waals surface area (Å²) < 4.78 is 7.03. The van der Waals surface area contributed by atoms with E-state index in [1.807, 2.05) is 6.26 Å². The van der Waals surface area contributed by atoms with Gasteiger partial charge in [-0.15, -0.1) is 11.3 Å². The Morgan fingerprint density at radius 2 is 2.20 bits per heavy atom. The number of ether oxygens (including phenoxy) is 1. The summed E-state index contributed by atoms with van der Waals surface area (Å²) in [4.78, 5) is 5.29. The van der Waals surface area contributed by atoms with E-state index in [0.29, 0.717) is 26.1 Å². The van der Waals surface area contributed by atoms with Crippen LogP contribution in [0.5, 0.6) is 0 Å². The predicted octanol–water partition coefficient (Wildman–Crippen LogP) is 2.63. The van der Waals surface area contributed by atoms with Gasteiger partial charge in [0, 0.05) is 26.1 Å². The van der Waals surface area contributed by atoms with Gasteiger partial charge in [-0.05, 0) is 22.2 Å². The van der Waals surface area contributed by atoms with Crippen molar-refractivity contribution in [2.45, 2.75) is 22.8 Å². The van der Waals surface area contributed by atoms with Gasteiger partial charge >= 0.3 is 0 Å². The number of thiazole rings is 1. The van der Waals surface area contributed by atoms with Crippen LogP contribution in [-0.2, 0) is 10.3 Å². The van der Waals surface area contributed by atoms with Crippen LogP contribution in [0.25, 0.3) is 0 Å². The van der Waals surface area contributed by atoms with Crippen molar-refractivity contribution in [3.63, 3.8) is 0 Å². The largest absolute Gasteiger partial charge is 0.384 e. The van der Waals surface area contributed by atoms with E-state index in [1.165, 1.54) is 0 Å². The highest BCUT2D eigenvalue weighted by Crippen LogP contribution is 2.41. The Hall–Kier alpha value is 0.380. The first-order chi connectivity index (χ1) is 7.15. The molecule has 0 saturated carbocycles. The Balaban J connectivity index is 2.30. The first-order valence-corrected chi connectivity index (χ1v) is 7.50. The van der Waals surface area contributed by atoms with Crippen LogP contribution in [0, 0.1) is 0 Å². The van der Waals surface area contributed by atoms with E-state index in [2.05, 4.69) is 20.9 Å². The molecule has 15 heavy (non-hydrogen) atoms. The molecule has 0 aliphatic carbocycles. The Morgan fingerprint density at radius 3 is 2.73 bits per heavy atom. The van der Waals surface area contributed by atoms with Gasteiger partial charge in [-0.25, -0.2) is 4.98 Å². The van der Waals surface area contributed by atoms with Gasteiger partial charge < -0.3 is 9.84 Å². The smallest absolute Gasteiger partial charge is 0.151 e. The molecular formula is C9H12BrNO2S2. The molecule has 1 fully saturated rings. The van der Waals surface area contributed by atoms with E-state index in [-0.39, 0.29) is 0 Å². The van der Waals surface area contributed by atoms with Gasteiger partial charge in [0.25, 0.3) is 0 Å². The van der Waals surface area contributed by atoms with Gasteiger partial charge in [-0.2, -0.15) is 0 Å². The second kappa shape index (κ2) is 4.71. The van der Waals surface area contributed by atoms with Crippen LogP contribution < -0.4 is 0 Å². The van der Waals surface area contributed by atoms with Crippen LogP contribution in [0.4, 0.5) is 0 Å². The van der Waals surface area contributed by atoms with Crippen LogP contribution in [0.1, 0.15) is 17.7 Å². The lowest BCUT2D eigenvalue weighted by atomic mass is 9.93. The van der Waals surface area contributed by atoms with Crippen LogP contribution in [0.15, 0.2) is 8.94 Å². The molecule has 0 radical (unpaired) electrons. The Bertz CT molecular complexity index is 350. The molecule has 2 heterocycles. The highest BCUT2D eigenvalue weighted by atomic mass is 79.9. The van der Waals surface area contributed by atoms with Gasteiger partial charge in [-0.3, -0.25) is 0 Å². The quantitative estimate of drug-likeness (QED) is 0.853. The molecule has 1 saturated heterocycles. The minimum absolute atomic E-state index is 0.620. The summed E-state index contributed by atoms with van der Waals surface area (Å²) >= 11 is 6.58. The average molecular weight is 310 g/mol. The van der Waals surface area contributed by atoms with Crippen molar-refractivity contribution in [2.24, 2.45) is 0 Å². The first kappa shape index (κ1) is 11.9. The molecule has 0 aromatic carbocycles. The van der Waals surface area contributed by atoms with E-state index in [9.17, 15) is 5.11 Å². The zero-order valence-corrected chi connectivity index (χ0v) is 11.5. The average Bonchev–Trinajstić information content (AvgIpc) is 2.61. The summed E-state index contributed by atoms with van der Waals surface area (Å²) in [6.45, 7) is 1.24. The second-order valence-electron chi connectivity index (χ2n) is 3.45. The lowest BCUT2D eigenvalue weighted by Crippen LogP contribution is -2.32. The monoisotopic (exact) mass is 309 g/mol. The summed E-state index contributed by atoms with van der Waals surface area (Å²) in [5, 5.41) is 10.5. The maximum absolute atomic E-state index is 10.5. The van der Waals surface area contributed by atoms with E-state index in [0.717, 1.165) is 13.8 Å². The maximum Gasteiger partial charge on any atom is 0.151 e. The van der Waals surface area contributed by atoms with Gasteiger partial charge in [0.2, 0.25) is 0 Å². The number of halogens is 1. The fourth-order valence-electron chi connectivity index (χ4n) is 1.59. The number of aliphatic hydroxyl groups is 1. The van der Waals surface area contributed by atoms with E-state index < -0.39 is 5.60 Å². The lowest BCUT2D eigenvalue weighted by Gasteiger charge is -2.30. The molecule has 1 aliphatic heterocycles. The van der Waals surface area contributed by atoms with Gasteiger partial charge in [0.15, 0.2) is 4.34 Å². The number of aromatic nitrogens is 1. The fraction of sp³-hybridized carbons (Fsp3) is 0.667. The fourth-order valence-corrected chi connectivity index (χ4v) is 4.22. The summed E-state index contributed by atoms with van der Waals surface area (Å²) in [6, 6.07) is 0. The summed E-state index contributed by atoms with van der Waals surface area (Å²) in [5.41, 5.74) is -0.747. The van der Waals surface area contributed by atoms with E-state index in [4.69, 9.17) is 4.74 Å². The number of rotatable bonds is 2. The third-order valence-corrected chi connectivity index (χ3v) is 5.55. The van der Waals surface area contributed by atoms with Crippen molar-refractivity contribution in [2.75, 3.05) is 19.5 Å². The summed E-state index contributed by atoms with van der Waals surface area (Å²) in [7, 11) is 0. The molecule has 3 nitrogen and oxygen atoms in total. The number of hydrogen-bond acceptors (Lipinski definition) is 5. The zero-order valence-electron chi connectivity index (χ0n) is 8.33. The van der Waals surface area contributed by atoms with Crippen molar-refractivity contribution in [3.05, 3.63) is 9.48 Å². The Kier molecular flexibility index (Phi) is 3.72. The molecule has 2 rings (SSSR count).